The number of hydrogen-bond donors (Lipinski definition) is 1. The van der Waals surface area contributed by atoms with E-state index in [1.165, 1.54) is 18.4 Å². The molecule has 0 saturated carbocycles. The molecule has 0 unspecified atom stereocenters. The maximum Gasteiger partial charge on any atom is 0.231 e. The van der Waals surface area contributed by atoms with Crippen LogP contribution in [0.1, 0.15) is 38.5 Å². The second kappa shape index (κ2) is 6.12. The van der Waals surface area contributed by atoms with Gasteiger partial charge in [0.1, 0.15) is 0 Å². The first-order valence-electron chi connectivity index (χ1n) is 7.61. The zero-order valence-electron chi connectivity index (χ0n) is 12.1. The first kappa shape index (κ1) is 13.9. The van der Waals surface area contributed by atoms with Crippen molar-refractivity contribution in [3.05, 3.63) is 35.9 Å². The van der Waals surface area contributed by atoms with Crippen molar-refractivity contribution in [1.29, 1.82) is 0 Å². The number of fused-ring (bicyclic) bond motifs is 1. The molecule has 0 aromatic heterocycles. The number of benzene rings is 1. The van der Waals surface area contributed by atoms with Crippen LogP contribution in [0.4, 0.5) is 11.4 Å². The Morgan fingerprint density at radius 1 is 1.19 bits per heavy atom. The largest absolute Gasteiger partial charge is 0.324 e. The number of nitrogens with one attached hydrogen (secondary N) is 1. The number of anilines is 2. The van der Waals surface area contributed by atoms with E-state index in [-0.39, 0.29) is 11.8 Å². The van der Waals surface area contributed by atoms with Crippen molar-refractivity contribution < 1.29 is 9.59 Å². The van der Waals surface area contributed by atoms with Gasteiger partial charge in [-0.15, -0.1) is 0 Å². The van der Waals surface area contributed by atoms with Crippen molar-refractivity contribution in [2.24, 2.45) is 0 Å². The fourth-order valence-corrected chi connectivity index (χ4v) is 2.98. The topological polar surface area (TPSA) is 49.4 Å². The molecule has 4 nitrogen and oxygen atoms in total. The third-order valence-electron chi connectivity index (χ3n) is 4.10. The van der Waals surface area contributed by atoms with E-state index in [1.54, 1.807) is 4.90 Å². The van der Waals surface area contributed by atoms with E-state index in [0.29, 0.717) is 19.4 Å². The van der Waals surface area contributed by atoms with Gasteiger partial charge in [0, 0.05) is 19.4 Å². The Hall–Kier alpha value is -2.10. The highest BCUT2D eigenvalue weighted by Crippen LogP contribution is 2.30. The van der Waals surface area contributed by atoms with Crippen LogP contribution in [0.2, 0.25) is 0 Å². The Labute approximate surface area is 124 Å². The van der Waals surface area contributed by atoms with Gasteiger partial charge in [0.2, 0.25) is 11.8 Å². The number of nitrogens with zero attached hydrogens (tertiary/aromatic N) is 1. The molecule has 1 heterocycles. The minimum atomic E-state index is -0.0327. The zero-order chi connectivity index (χ0) is 14.7. The van der Waals surface area contributed by atoms with E-state index in [2.05, 4.69) is 11.4 Å². The Kier molecular flexibility index (Phi) is 4.04. The van der Waals surface area contributed by atoms with Crippen LogP contribution in [0.5, 0.6) is 0 Å². The summed E-state index contributed by atoms with van der Waals surface area (Å²) in [5, 5.41) is 2.86. The van der Waals surface area contributed by atoms with Gasteiger partial charge < -0.3 is 10.2 Å². The summed E-state index contributed by atoms with van der Waals surface area (Å²) >= 11 is 0. The van der Waals surface area contributed by atoms with Gasteiger partial charge in [-0.05, 0) is 37.8 Å². The quantitative estimate of drug-likeness (QED) is 0.847. The summed E-state index contributed by atoms with van der Waals surface area (Å²) in [6.45, 7) is 0.453. The van der Waals surface area contributed by atoms with E-state index in [0.717, 1.165) is 24.2 Å². The molecule has 21 heavy (non-hydrogen) atoms. The molecule has 3 rings (SSSR count). The molecule has 1 N–H and O–H groups in total. The van der Waals surface area contributed by atoms with Crippen LogP contribution in [0.25, 0.3) is 0 Å². The van der Waals surface area contributed by atoms with Gasteiger partial charge in [0.25, 0.3) is 0 Å². The van der Waals surface area contributed by atoms with Crippen molar-refractivity contribution >= 4 is 23.2 Å². The lowest BCUT2D eigenvalue weighted by atomic mass is 9.96. The summed E-state index contributed by atoms with van der Waals surface area (Å²) in [5.74, 6) is 0.0572. The number of hydrogen-bond acceptors (Lipinski definition) is 2. The average Bonchev–Trinajstić information content (AvgIpc) is 2.66. The van der Waals surface area contributed by atoms with Gasteiger partial charge in [-0.2, -0.15) is 0 Å². The standard InChI is InChI=1S/C17H20N2O2/c20-16-10-11-19(15-9-5-4-8-14(15)18-16)17(21)12-13-6-2-1-3-7-13/h4-6,8-9H,1-3,7,10-12H2,(H,18,20). The molecule has 0 atom stereocenters. The minimum absolute atomic E-state index is 0.0327. The van der Waals surface area contributed by atoms with Crippen LogP contribution in [0, 0.1) is 0 Å². The fraction of sp³-hybridized carbons (Fsp3) is 0.412. The van der Waals surface area contributed by atoms with E-state index in [4.69, 9.17) is 0 Å². The third-order valence-corrected chi connectivity index (χ3v) is 4.10. The van der Waals surface area contributed by atoms with Crippen molar-refractivity contribution in [3.63, 3.8) is 0 Å². The molecule has 0 spiro atoms. The lowest BCUT2D eigenvalue weighted by Gasteiger charge is -2.23. The molecular weight excluding hydrogens is 264 g/mol. The first-order chi connectivity index (χ1) is 10.2. The second-order valence-electron chi connectivity index (χ2n) is 5.65. The number of amides is 2. The summed E-state index contributed by atoms with van der Waals surface area (Å²) in [7, 11) is 0. The number of allylic oxidation sites excluding steroid dienone is 1. The number of carbonyl (C=O) groups excluding carboxylic acids is 2. The first-order valence-corrected chi connectivity index (χ1v) is 7.61. The molecule has 1 aromatic rings. The molecule has 2 aliphatic rings. The summed E-state index contributed by atoms with van der Waals surface area (Å²) < 4.78 is 0. The van der Waals surface area contributed by atoms with Crippen molar-refractivity contribution in [2.75, 3.05) is 16.8 Å². The highest BCUT2D eigenvalue weighted by molar-refractivity contribution is 6.04. The number of rotatable bonds is 2. The summed E-state index contributed by atoms with van der Waals surface area (Å²) in [6.07, 6.45) is 7.53. The van der Waals surface area contributed by atoms with Crippen molar-refractivity contribution in [2.45, 2.75) is 38.5 Å². The van der Waals surface area contributed by atoms with Crippen LogP contribution in [-0.2, 0) is 9.59 Å². The number of para-hydroxylation sites is 2. The highest BCUT2D eigenvalue weighted by Gasteiger charge is 2.24. The predicted molar refractivity (Wildman–Crippen MR) is 83.2 cm³/mol. The highest BCUT2D eigenvalue weighted by atomic mass is 16.2. The monoisotopic (exact) mass is 284 g/mol. The molecule has 0 bridgehead atoms. The summed E-state index contributed by atoms with van der Waals surface area (Å²) in [4.78, 5) is 26.1. The van der Waals surface area contributed by atoms with E-state index >= 15 is 0 Å². The second-order valence-corrected chi connectivity index (χ2v) is 5.65. The van der Waals surface area contributed by atoms with Gasteiger partial charge in [0.15, 0.2) is 0 Å². The number of carbonyl (C=O) groups is 2. The smallest absolute Gasteiger partial charge is 0.231 e. The molecule has 0 saturated heterocycles. The summed E-state index contributed by atoms with van der Waals surface area (Å²) in [6, 6.07) is 7.51. The Morgan fingerprint density at radius 2 is 2.05 bits per heavy atom. The predicted octanol–water partition coefficient (Wildman–Crippen LogP) is 3.25. The maximum atomic E-state index is 12.6. The van der Waals surface area contributed by atoms with Crippen molar-refractivity contribution in [1.82, 2.24) is 0 Å². The maximum absolute atomic E-state index is 12.6. The molecule has 110 valence electrons. The molecule has 4 heteroatoms. The molecule has 0 fully saturated rings. The third kappa shape index (κ3) is 3.15. The van der Waals surface area contributed by atoms with Gasteiger partial charge >= 0.3 is 0 Å². The Balaban J connectivity index is 1.82. The SMILES string of the molecule is O=C1CCN(C(=O)CC2=CCCCC2)c2ccccc2N1. The van der Waals surface area contributed by atoms with Crippen LogP contribution in [-0.4, -0.2) is 18.4 Å². The normalized spacial score (nSPS) is 18.4. The lowest BCUT2D eigenvalue weighted by Crippen LogP contribution is -2.32. The van der Waals surface area contributed by atoms with Crippen molar-refractivity contribution in [3.8, 4) is 0 Å². The van der Waals surface area contributed by atoms with Gasteiger partial charge in [0.05, 0.1) is 11.4 Å². The lowest BCUT2D eigenvalue weighted by molar-refractivity contribution is -0.118. The summed E-state index contributed by atoms with van der Waals surface area (Å²) in [5.41, 5.74) is 2.78. The van der Waals surface area contributed by atoms with E-state index in [9.17, 15) is 9.59 Å². The van der Waals surface area contributed by atoms with Crippen LogP contribution in [0.15, 0.2) is 35.9 Å². The fourth-order valence-electron chi connectivity index (χ4n) is 2.98. The van der Waals surface area contributed by atoms with Gasteiger partial charge in [-0.3, -0.25) is 9.59 Å². The van der Waals surface area contributed by atoms with Crippen LogP contribution in [0.3, 0.4) is 0 Å². The van der Waals surface area contributed by atoms with Gasteiger partial charge in [-0.1, -0.05) is 23.8 Å². The molecule has 2 amide bonds. The van der Waals surface area contributed by atoms with E-state index < -0.39 is 0 Å². The van der Waals surface area contributed by atoms with Gasteiger partial charge in [-0.25, -0.2) is 0 Å². The molecule has 1 aliphatic heterocycles. The zero-order valence-corrected chi connectivity index (χ0v) is 12.1. The Morgan fingerprint density at radius 3 is 2.86 bits per heavy atom. The Bertz CT molecular complexity index is 592. The molecular formula is C17H20N2O2. The molecule has 1 aliphatic carbocycles. The molecule has 0 radical (unpaired) electrons. The van der Waals surface area contributed by atoms with Crippen LogP contribution >= 0.6 is 0 Å². The average molecular weight is 284 g/mol. The van der Waals surface area contributed by atoms with E-state index in [1.807, 2.05) is 24.3 Å². The molecule has 1 aromatic carbocycles. The van der Waals surface area contributed by atoms with Crippen LogP contribution < -0.4 is 10.2 Å². The minimum Gasteiger partial charge on any atom is -0.324 e.